The Morgan fingerprint density at radius 3 is 2.56 bits per heavy atom. The molecule has 1 aliphatic rings. The largest absolute Gasteiger partial charge is 0.490 e. The van der Waals surface area contributed by atoms with Crippen molar-refractivity contribution in [2.24, 2.45) is 5.73 Å². The number of ether oxygens (including phenoxy) is 4. The Labute approximate surface area is 204 Å². The Kier molecular flexibility index (Phi) is 9.24. The lowest BCUT2D eigenvalue weighted by Crippen LogP contribution is -2.37. The molecule has 2 aromatic rings. The van der Waals surface area contributed by atoms with Gasteiger partial charge in [0.05, 0.1) is 42.7 Å². The molecule has 34 heavy (non-hydrogen) atoms. The van der Waals surface area contributed by atoms with Crippen molar-refractivity contribution in [1.29, 1.82) is 0 Å². The van der Waals surface area contributed by atoms with Gasteiger partial charge in [0.1, 0.15) is 0 Å². The molecule has 1 heterocycles. The second-order valence-corrected chi connectivity index (χ2v) is 7.91. The number of hydrogen-bond acceptors (Lipinski definition) is 8. The zero-order valence-corrected chi connectivity index (χ0v) is 20.2. The molecular weight excluding hydrogens is 462 g/mol. The van der Waals surface area contributed by atoms with Gasteiger partial charge in [-0.1, -0.05) is 11.6 Å². The van der Waals surface area contributed by atoms with Crippen LogP contribution in [-0.4, -0.2) is 58.0 Å². The van der Waals surface area contributed by atoms with E-state index >= 15 is 0 Å². The average molecular weight is 492 g/mol. The molecule has 0 bridgehead atoms. The van der Waals surface area contributed by atoms with Gasteiger partial charge in [-0.25, -0.2) is 4.79 Å². The molecule has 9 nitrogen and oxygen atoms in total. The molecular formula is C24H30ClN3O6. The van der Waals surface area contributed by atoms with Gasteiger partial charge in [0, 0.05) is 25.3 Å². The summed E-state index contributed by atoms with van der Waals surface area (Å²) in [7, 11) is 0. The summed E-state index contributed by atoms with van der Waals surface area (Å²) in [6.07, 6.45) is 0. The predicted molar refractivity (Wildman–Crippen MR) is 130 cm³/mol. The minimum absolute atomic E-state index is 0.269. The Balaban J connectivity index is 1.80. The number of morpholine rings is 1. The summed E-state index contributed by atoms with van der Waals surface area (Å²) in [6.45, 7) is 7.07. The zero-order chi connectivity index (χ0) is 24.5. The summed E-state index contributed by atoms with van der Waals surface area (Å²) in [4.78, 5) is 25.9. The maximum Gasteiger partial charge on any atom is 0.340 e. The highest BCUT2D eigenvalue weighted by Gasteiger charge is 2.20. The van der Waals surface area contributed by atoms with E-state index in [4.69, 9.17) is 36.3 Å². The van der Waals surface area contributed by atoms with Crippen LogP contribution >= 0.6 is 11.6 Å². The summed E-state index contributed by atoms with van der Waals surface area (Å²) < 4.78 is 21.8. The molecule has 0 radical (unpaired) electrons. The normalized spacial score (nSPS) is 13.3. The number of anilines is 2. The lowest BCUT2D eigenvalue weighted by molar-refractivity contribution is -0.119. The molecule has 0 aliphatic carbocycles. The third-order valence-electron chi connectivity index (χ3n) is 5.07. The van der Waals surface area contributed by atoms with Gasteiger partial charge in [-0.05, 0) is 49.7 Å². The number of benzene rings is 2. The number of nitrogens with two attached hydrogens (primary N) is 1. The quantitative estimate of drug-likeness (QED) is 0.461. The third kappa shape index (κ3) is 6.68. The molecule has 0 aromatic heterocycles. The maximum absolute atomic E-state index is 12.7. The lowest BCUT2D eigenvalue weighted by atomic mass is 10.1. The van der Waals surface area contributed by atoms with Crippen LogP contribution in [0.25, 0.3) is 0 Å². The van der Waals surface area contributed by atoms with Gasteiger partial charge in [-0.2, -0.15) is 0 Å². The van der Waals surface area contributed by atoms with Crippen LogP contribution in [-0.2, 0) is 20.8 Å². The minimum Gasteiger partial charge on any atom is -0.490 e. The van der Waals surface area contributed by atoms with Gasteiger partial charge < -0.3 is 34.9 Å². The molecule has 3 rings (SSSR count). The first kappa shape index (κ1) is 25.5. The van der Waals surface area contributed by atoms with E-state index in [2.05, 4.69) is 10.2 Å². The number of rotatable bonds is 11. The molecule has 2 aromatic carbocycles. The Morgan fingerprint density at radius 2 is 1.88 bits per heavy atom. The van der Waals surface area contributed by atoms with Crippen LogP contribution in [0.3, 0.4) is 0 Å². The fraction of sp³-hybridized carbons (Fsp3) is 0.417. The van der Waals surface area contributed by atoms with Crippen LogP contribution < -0.4 is 25.4 Å². The molecule has 3 N–H and O–H groups in total. The fourth-order valence-electron chi connectivity index (χ4n) is 3.57. The Bertz CT molecular complexity index is 1010. The summed E-state index contributed by atoms with van der Waals surface area (Å²) in [5.74, 6) is -0.291. The monoisotopic (exact) mass is 491 g/mol. The zero-order valence-electron chi connectivity index (χ0n) is 19.4. The summed E-state index contributed by atoms with van der Waals surface area (Å²) in [6, 6.07) is 9.13. The highest BCUT2D eigenvalue weighted by molar-refractivity contribution is 6.32. The van der Waals surface area contributed by atoms with E-state index in [0.717, 1.165) is 16.9 Å². The van der Waals surface area contributed by atoms with Crippen molar-refractivity contribution in [3.05, 3.63) is 46.5 Å². The number of halogens is 1. The SMILES string of the molecule is CCOC(=O)c1cc(NCc2cc(Cl)c(OCC(N)=O)c(OCC)c2)ccc1N1CCOCC1. The molecule has 1 saturated heterocycles. The van der Waals surface area contributed by atoms with Crippen molar-refractivity contribution >= 4 is 34.9 Å². The molecule has 0 spiro atoms. The first-order chi connectivity index (χ1) is 16.4. The molecule has 1 aliphatic heterocycles. The second kappa shape index (κ2) is 12.3. The Hall–Kier alpha value is -3.17. The maximum atomic E-state index is 12.7. The number of esters is 1. The first-order valence-corrected chi connectivity index (χ1v) is 11.5. The van der Waals surface area contributed by atoms with Crippen molar-refractivity contribution in [3.63, 3.8) is 0 Å². The van der Waals surface area contributed by atoms with Gasteiger partial charge in [-0.15, -0.1) is 0 Å². The number of carbonyl (C=O) groups excluding carboxylic acids is 2. The number of nitrogens with zero attached hydrogens (tertiary/aromatic N) is 1. The van der Waals surface area contributed by atoms with E-state index < -0.39 is 5.91 Å². The molecule has 0 saturated carbocycles. The highest BCUT2D eigenvalue weighted by atomic mass is 35.5. The van der Waals surface area contributed by atoms with Gasteiger partial charge in [0.15, 0.2) is 18.1 Å². The van der Waals surface area contributed by atoms with Crippen LogP contribution in [0.2, 0.25) is 5.02 Å². The van der Waals surface area contributed by atoms with E-state index in [9.17, 15) is 9.59 Å². The minimum atomic E-state index is -0.609. The number of nitrogens with one attached hydrogen (secondary N) is 1. The average Bonchev–Trinajstić information content (AvgIpc) is 2.83. The molecule has 184 valence electrons. The summed E-state index contributed by atoms with van der Waals surface area (Å²) in [5, 5.41) is 3.62. The van der Waals surface area contributed by atoms with E-state index in [1.807, 2.05) is 19.1 Å². The van der Waals surface area contributed by atoms with Crippen molar-refractivity contribution in [2.45, 2.75) is 20.4 Å². The number of carbonyl (C=O) groups is 2. The smallest absolute Gasteiger partial charge is 0.340 e. The van der Waals surface area contributed by atoms with Gasteiger partial charge in [0.2, 0.25) is 0 Å². The van der Waals surface area contributed by atoms with Crippen molar-refractivity contribution in [3.8, 4) is 11.5 Å². The van der Waals surface area contributed by atoms with Crippen molar-refractivity contribution < 1.29 is 28.5 Å². The van der Waals surface area contributed by atoms with Crippen molar-refractivity contribution in [2.75, 3.05) is 56.3 Å². The second-order valence-electron chi connectivity index (χ2n) is 7.50. The topological polar surface area (TPSA) is 112 Å². The van der Waals surface area contributed by atoms with Crippen LogP contribution in [0, 0.1) is 0 Å². The van der Waals surface area contributed by atoms with E-state index in [1.54, 1.807) is 25.1 Å². The third-order valence-corrected chi connectivity index (χ3v) is 5.35. The van der Waals surface area contributed by atoms with Gasteiger partial charge >= 0.3 is 5.97 Å². The van der Waals surface area contributed by atoms with E-state index in [1.165, 1.54) is 0 Å². The van der Waals surface area contributed by atoms with Gasteiger partial charge in [0.25, 0.3) is 5.91 Å². The first-order valence-electron chi connectivity index (χ1n) is 11.2. The standard InChI is InChI=1S/C24H30ClN3O6/c1-3-32-21-12-16(11-19(25)23(21)34-15-22(26)29)14-27-17-5-6-20(28-7-9-31-10-8-28)18(13-17)24(30)33-4-2/h5-6,11-13,27H,3-4,7-10,14-15H2,1-2H3,(H2,26,29). The molecule has 10 heteroatoms. The van der Waals surface area contributed by atoms with Crippen LogP contribution in [0.1, 0.15) is 29.8 Å². The number of hydrogen-bond donors (Lipinski definition) is 2. The van der Waals surface area contributed by atoms with Crippen LogP contribution in [0.4, 0.5) is 11.4 Å². The van der Waals surface area contributed by atoms with Crippen LogP contribution in [0.5, 0.6) is 11.5 Å². The lowest BCUT2D eigenvalue weighted by Gasteiger charge is -2.30. The molecule has 0 unspecified atom stereocenters. The highest BCUT2D eigenvalue weighted by Crippen LogP contribution is 2.37. The van der Waals surface area contributed by atoms with E-state index in [0.29, 0.717) is 62.4 Å². The van der Waals surface area contributed by atoms with Crippen LogP contribution in [0.15, 0.2) is 30.3 Å². The predicted octanol–water partition coefficient (Wildman–Crippen LogP) is 3.23. The Morgan fingerprint density at radius 1 is 1.12 bits per heavy atom. The fourth-order valence-corrected chi connectivity index (χ4v) is 3.86. The summed E-state index contributed by atoms with van der Waals surface area (Å²) >= 11 is 6.38. The van der Waals surface area contributed by atoms with Gasteiger partial charge in [-0.3, -0.25) is 4.79 Å². The van der Waals surface area contributed by atoms with E-state index in [-0.39, 0.29) is 18.3 Å². The molecule has 1 amide bonds. The summed E-state index contributed by atoms with van der Waals surface area (Å²) in [5.41, 5.74) is 8.07. The molecule has 1 fully saturated rings. The molecule has 0 atom stereocenters. The van der Waals surface area contributed by atoms with Crippen molar-refractivity contribution in [1.82, 2.24) is 0 Å². The number of primary amides is 1. The number of amides is 1.